The van der Waals surface area contributed by atoms with Gasteiger partial charge in [-0.1, -0.05) is 11.6 Å². The first-order valence-corrected chi connectivity index (χ1v) is 7.43. The molecule has 0 bridgehead atoms. The molecule has 3 N–H and O–H groups in total. The number of carbonyl (C=O) groups is 1. The van der Waals surface area contributed by atoms with Crippen LogP contribution < -0.4 is 10.5 Å². The molecule has 1 aromatic rings. The fourth-order valence-corrected chi connectivity index (χ4v) is 2.27. The van der Waals surface area contributed by atoms with E-state index in [-0.39, 0.29) is 6.10 Å². The standard InChI is InChI=1S/C13H15ClN2O.C2HF3O2/c14-13-7-12(4-1-9(13)8-15)17-11-5-2-10(16)3-6-11;3-2(4,5)1(6)7/h1,4,7,10-11H,2-3,5-6,16H2;(H,6,7)/t10-,11-;. The van der Waals surface area contributed by atoms with Crippen LogP contribution in [0.25, 0.3) is 0 Å². The summed E-state index contributed by atoms with van der Waals surface area (Å²) in [6.45, 7) is 0. The molecule has 0 atom stereocenters. The van der Waals surface area contributed by atoms with Gasteiger partial charge in [-0.3, -0.25) is 0 Å². The van der Waals surface area contributed by atoms with Gasteiger partial charge in [-0.2, -0.15) is 18.4 Å². The molecule has 0 heterocycles. The van der Waals surface area contributed by atoms with Gasteiger partial charge >= 0.3 is 12.1 Å². The zero-order valence-corrected chi connectivity index (χ0v) is 13.3. The van der Waals surface area contributed by atoms with Crippen molar-refractivity contribution in [3.05, 3.63) is 28.8 Å². The van der Waals surface area contributed by atoms with Crippen molar-refractivity contribution < 1.29 is 27.8 Å². The van der Waals surface area contributed by atoms with E-state index in [9.17, 15) is 13.2 Å². The monoisotopic (exact) mass is 364 g/mol. The molecule has 1 saturated carbocycles. The normalized spacial score (nSPS) is 20.3. The topological polar surface area (TPSA) is 96.3 Å². The number of carboxylic acids is 1. The summed E-state index contributed by atoms with van der Waals surface area (Å²) in [6.07, 6.45) is -0.875. The van der Waals surface area contributed by atoms with Gasteiger partial charge in [0.1, 0.15) is 11.8 Å². The number of nitriles is 1. The van der Waals surface area contributed by atoms with Gasteiger partial charge in [-0.25, -0.2) is 4.79 Å². The van der Waals surface area contributed by atoms with Crippen LogP contribution in [-0.4, -0.2) is 29.4 Å². The number of rotatable bonds is 2. The number of halogens is 4. The minimum Gasteiger partial charge on any atom is -0.490 e. The Morgan fingerprint density at radius 2 is 1.88 bits per heavy atom. The van der Waals surface area contributed by atoms with Crippen LogP contribution in [-0.2, 0) is 4.79 Å². The second kappa shape index (κ2) is 8.76. The number of hydrogen-bond donors (Lipinski definition) is 2. The minimum atomic E-state index is -5.08. The van der Waals surface area contributed by atoms with E-state index in [1.54, 1.807) is 18.2 Å². The number of hydrogen-bond acceptors (Lipinski definition) is 4. The fourth-order valence-electron chi connectivity index (χ4n) is 2.06. The van der Waals surface area contributed by atoms with Crippen molar-refractivity contribution in [1.29, 1.82) is 5.26 Å². The molecule has 0 amide bonds. The van der Waals surface area contributed by atoms with Gasteiger partial charge in [-0.05, 0) is 37.8 Å². The Hall–Kier alpha value is -1.98. The van der Waals surface area contributed by atoms with Gasteiger partial charge in [0.2, 0.25) is 0 Å². The van der Waals surface area contributed by atoms with Crippen molar-refractivity contribution in [2.45, 2.75) is 44.0 Å². The highest BCUT2D eigenvalue weighted by Crippen LogP contribution is 2.26. The molecule has 0 unspecified atom stereocenters. The van der Waals surface area contributed by atoms with Crippen LogP contribution in [0.4, 0.5) is 13.2 Å². The molecular weight excluding hydrogens is 349 g/mol. The van der Waals surface area contributed by atoms with Crippen LogP contribution in [0.5, 0.6) is 5.75 Å². The third-order valence-corrected chi connectivity index (χ3v) is 3.64. The lowest BCUT2D eigenvalue weighted by atomic mass is 9.94. The van der Waals surface area contributed by atoms with Crippen molar-refractivity contribution in [3.63, 3.8) is 0 Å². The van der Waals surface area contributed by atoms with E-state index in [1.807, 2.05) is 6.07 Å². The Bertz CT molecular complexity index is 609. The first-order chi connectivity index (χ1) is 11.1. The maximum Gasteiger partial charge on any atom is 0.490 e. The van der Waals surface area contributed by atoms with E-state index in [2.05, 4.69) is 0 Å². The van der Waals surface area contributed by atoms with Crippen LogP contribution in [0, 0.1) is 11.3 Å². The fraction of sp³-hybridized carbons (Fsp3) is 0.467. The zero-order valence-electron chi connectivity index (χ0n) is 12.5. The first kappa shape index (κ1) is 20.1. The summed E-state index contributed by atoms with van der Waals surface area (Å²) in [5.74, 6) is -2.03. The maximum atomic E-state index is 10.6. The maximum absolute atomic E-state index is 10.6. The van der Waals surface area contributed by atoms with Crippen LogP contribution in [0.1, 0.15) is 31.2 Å². The van der Waals surface area contributed by atoms with Crippen LogP contribution in [0.2, 0.25) is 5.02 Å². The average Bonchev–Trinajstić information content (AvgIpc) is 2.49. The predicted octanol–water partition coefficient (Wildman–Crippen LogP) is 3.49. The molecule has 1 fully saturated rings. The zero-order chi connectivity index (χ0) is 18.3. The van der Waals surface area contributed by atoms with Gasteiger partial charge < -0.3 is 15.6 Å². The first-order valence-electron chi connectivity index (χ1n) is 7.05. The van der Waals surface area contributed by atoms with E-state index in [1.165, 1.54) is 0 Å². The van der Waals surface area contributed by atoms with Crippen molar-refractivity contribution in [1.82, 2.24) is 0 Å². The number of aliphatic carboxylic acids is 1. The molecule has 0 aromatic heterocycles. The summed E-state index contributed by atoms with van der Waals surface area (Å²) in [7, 11) is 0. The van der Waals surface area contributed by atoms with E-state index in [0.717, 1.165) is 31.4 Å². The minimum absolute atomic E-state index is 0.221. The lowest BCUT2D eigenvalue weighted by Crippen LogP contribution is -2.31. The van der Waals surface area contributed by atoms with Gasteiger partial charge in [0.05, 0.1) is 16.7 Å². The molecule has 9 heteroatoms. The molecule has 2 rings (SSSR count). The van der Waals surface area contributed by atoms with Gasteiger partial charge in [0.15, 0.2) is 0 Å². The summed E-state index contributed by atoms with van der Waals surface area (Å²) in [5.41, 5.74) is 6.32. The van der Waals surface area contributed by atoms with Gasteiger partial charge in [0.25, 0.3) is 0 Å². The molecule has 0 spiro atoms. The Labute approximate surface area is 141 Å². The molecule has 1 aromatic carbocycles. The lowest BCUT2D eigenvalue weighted by molar-refractivity contribution is -0.192. The van der Waals surface area contributed by atoms with Gasteiger partial charge in [-0.15, -0.1) is 0 Å². The molecule has 132 valence electrons. The largest absolute Gasteiger partial charge is 0.490 e. The number of benzene rings is 1. The molecule has 0 saturated heterocycles. The summed E-state index contributed by atoms with van der Waals surface area (Å²) in [4.78, 5) is 8.90. The summed E-state index contributed by atoms with van der Waals surface area (Å²) in [6, 6.07) is 7.53. The van der Waals surface area contributed by atoms with Gasteiger partial charge in [0, 0.05) is 12.1 Å². The highest BCUT2D eigenvalue weighted by molar-refractivity contribution is 6.31. The number of ether oxygens (including phenoxy) is 1. The molecule has 1 aliphatic carbocycles. The van der Waals surface area contributed by atoms with E-state index >= 15 is 0 Å². The van der Waals surface area contributed by atoms with E-state index in [4.69, 9.17) is 37.2 Å². The Morgan fingerprint density at radius 3 is 2.29 bits per heavy atom. The third-order valence-electron chi connectivity index (χ3n) is 3.33. The summed E-state index contributed by atoms with van der Waals surface area (Å²) in [5, 5.41) is 16.3. The predicted molar refractivity (Wildman–Crippen MR) is 80.7 cm³/mol. The van der Waals surface area contributed by atoms with E-state index < -0.39 is 12.1 Å². The SMILES string of the molecule is N#Cc1ccc(O[C@H]2CC[C@H](N)CC2)cc1Cl.O=C(O)C(F)(F)F. The van der Waals surface area contributed by atoms with Crippen molar-refractivity contribution in [2.24, 2.45) is 5.73 Å². The third kappa shape index (κ3) is 6.64. The van der Waals surface area contributed by atoms with E-state index in [0.29, 0.717) is 16.6 Å². The second-order valence-corrected chi connectivity index (χ2v) is 5.62. The second-order valence-electron chi connectivity index (χ2n) is 5.21. The number of carboxylic acid groups (broad SMARTS) is 1. The highest BCUT2D eigenvalue weighted by Gasteiger charge is 2.38. The number of nitrogens with zero attached hydrogens (tertiary/aromatic N) is 1. The van der Waals surface area contributed by atoms with Crippen molar-refractivity contribution in [2.75, 3.05) is 0 Å². The summed E-state index contributed by atoms with van der Waals surface area (Å²) >= 11 is 5.95. The molecule has 24 heavy (non-hydrogen) atoms. The molecule has 5 nitrogen and oxygen atoms in total. The smallest absolute Gasteiger partial charge is 0.490 e. The number of nitrogens with two attached hydrogens (primary N) is 1. The molecule has 1 aliphatic rings. The van der Waals surface area contributed by atoms with Crippen LogP contribution >= 0.6 is 11.6 Å². The molecule has 0 radical (unpaired) electrons. The Balaban J connectivity index is 0.000000351. The Morgan fingerprint density at radius 1 is 1.33 bits per heavy atom. The van der Waals surface area contributed by atoms with Crippen molar-refractivity contribution >= 4 is 17.6 Å². The van der Waals surface area contributed by atoms with Crippen molar-refractivity contribution in [3.8, 4) is 11.8 Å². The quantitative estimate of drug-likeness (QED) is 0.837. The molecular formula is C15H16ClF3N2O3. The molecule has 0 aliphatic heterocycles. The average molecular weight is 365 g/mol. The Kier molecular flexibility index (Phi) is 7.32. The van der Waals surface area contributed by atoms with Crippen LogP contribution in [0.15, 0.2) is 18.2 Å². The lowest BCUT2D eigenvalue weighted by Gasteiger charge is -2.26. The van der Waals surface area contributed by atoms with Crippen LogP contribution in [0.3, 0.4) is 0 Å². The summed E-state index contributed by atoms with van der Waals surface area (Å²) < 4.78 is 37.6. The highest BCUT2D eigenvalue weighted by atomic mass is 35.5. The number of alkyl halides is 3.